The van der Waals surface area contributed by atoms with Crippen LogP contribution in [0.1, 0.15) is 28.9 Å². The van der Waals surface area contributed by atoms with Crippen LogP contribution in [0.2, 0.25) is 0 Å². The Morgan fingerprint density at radius 3 is 2.57 bits per heavy atom. The second-order valence-corrected chi connectivity index (χ2v) is 7.51. The van der Waals surface area contributed by atoms with Gasteiger partial charge in [0.15, 0.2) is 0 Å². The van der Waals surface area contributed by atoms with Gasteiger partial charge in [0.1, 0.15) is 5.69 Å². The van der Waals surface area contributed by atoms with Crippen molar-refractivity contribution in [2.45, 2.75) is 25.4 Å². The van der Waals surface area contributed by atoms with Gasteiger partial charge in [0.05, 0.1) is 12.8 Å². The molecule has 0 bridgehead atoms. The number of amides is 1. The van der Waals surface area contributed by atoms with E-state index in [0.717, 1.165) is 43.7 Å². The number of hydrogen-bond donors (Lipinski definition) is 1. The fraction of sp³-hybridized carbons (Fsp3) is 0.292. The molecule has 0 saturated carbocycles. The molecule has 0 atom stereocenters. The zero-order valence-electron chi connectivity index (χ0n) is 17.1. The first kappa shape index (κ1) is 20.0. The Labute approximate surface area is 176 Å². The predicted octanol–water partition coefficient (Wildman–Crippen LogP) is 3.55. The summed E-state index contributed by atoms with van der Waals surface area (Å²) in [6.45, 7) is 2.91. The number of hydrogen-bond acceptors (Lipinski definition) is 5. The SMILES string of the molecule is COc1ccc(-c2cccc(C(=O)NC3CCN(Cc4ccccc4)CC3)n2)cn1. The normalized spacial score (nSPS) is 15.0. The molecule has 1 amide bonds. The zero-order chi connectivity index (χ0) is 20.8. The van der Waals surface area contributed by atoms with E-state index in [-0.39, 0.29) is 11.9 Å². The molecule has 3 heterocycles. The number of rotatable bonds is 6. The number of nitrogens with one attached hydrogen (secondary N) is 1. The number of nitrogens with zero attached hydrogens (tertiary/aromatic N) is 3. The highest BCUT2D eigenvalue weighted by atomic mass is 16.5. The van der Waals surface area contributed by atoms with Crippen molar-refractivity contribution in [2.24, 2.45) is 0 Å². The molecule has 6 nitrogen and oxygen atoms in total. The highest BCUT2D eigenvalue weighted by Gasteiger charge is 2.21. The van der Waals surface area contributed by atoms with Crippen molar-refractivity contribution in [3.05, 3.63) is 78.1 Å². The maximum Gasteiger partial charge on any atom is 0.270 e. The minimum Gasteiger partial charge on any atom is -0.481 e. The van der Waals surface area contributed by atoms with Crippen LogP contribution in [-0.4, -0.2) is 47.0 Å². The fourth-order valence-corrected chi connectivity index (χ4v) is 3.71. The van der Waals surface area contributed by atoms with Gasteiger partial charge in [-0.3, -0.25) is 9.69 Å². The third-order valence-electron chi connectivity index (χ3n) is 5.39. The first-order chi connectivity index (χ1) is 14.7. The van der Waals surface area contributed by atoms with Gasteiger partial charge in [-0.15, -0.1) is 0 Å². The van der Waals surface area contributed by atoms with Gasteiger partial charge in [-0.05, 0) is 36.6 Å². The smallest absolute Gasteiger partial charge is 0.270 e. The summed E-state index contributed by atoms with van der Waals surface area (Å²) in [6, 6.07) is 19.8. The summed E-state index contributed by atoms with van der Waals surface area (Å²) in [5.74, 6) is 0.422. The van der Waals surface area contributed by atoms with Gasteiger partial charge < -0.3 is 10.1 Å². The molecule has 30 heavy (non-hydrogen) atoms. The number of carbonyl (C=O) groups excluding carboxylic acids is 1. The molecule has 2 aromatic heterocycles. The number of carbonyl (C=O) groups is 1. The Hall–Kier alpha value is -3.25. The lowest BCUT2D eigenvalue weighted by molar-refractivity contribution is 0.0904. The van der Waals surface area contributed by atoms with Crippen LogP contribution in [0.3, 0.4) is 0 Å². The maximum absolute atomic E-state index is 12.7. The first-order valence-electron chi connectivity index (χ1n) is 10.3. The summed E-state index contributed by atoms with van der Waals surface area (Å²) >= 11 is 0. The number of aromatic nitrogens is 2. The number of benzene rings is 1. The molecule has 0 aliphatic carbocycles. The number of pyridine rings is 2. The van der Waals surface area contributed by atoms with E-state index in [1.54, 1.807) is 25.4 Å². The molecule has 1 fully saturated rings. The van der Waals surface area contributed by atoms with Gasteiger partial charge >= 0.3 is 0 Å². The highest BCUT2D eigenvalue weighted by Crippen LogP contribution is 2.19. The number of likely N-dealkylation sites (tertiary alicyclic amines) is 1. The summed E-state index contributed by atoms with van der Waals surface area (Å²) in [4.78, 5) is 23.9. The minimum absolute atomic E-state index is 0.125. The summed E-state index contributed by atoms with van der Waals surface area (Å²) in [6.07, 6.45) is 3.59. The molecular formula is C24H26N4O2. The number of ether oxygens (including phenoxy) is 1. The monoisotopic (exact) mass is 402 g/mol. The van der Waals surface area contributed by atoms with E-state index in [2.05, 4.69) is 44.5 Å². The maximum atomic E-state index is 12.7. The molecule has 154 valence electrons. The average Bonchev–Trinajstić information content (AvgIpc) is 2.81. The van der Waals surface area contributed by atoms with Crippen molar-refractivity contribution >= 4 is 5.91 Å². The largest absolute Gasteiger partial charge is 0.481 e. The summed E-state index contributed by atoms with van der Waals surface area (Å²) in [5.41, 5.74) is 3.32. The second kappa shape index (κ2) is 9.50. The molecule has 0 unspecified atom stereocenters. The Balaban J connectivity index is 1.33. The van der Waals surface area contributed by atoms with Gasteiger partial charge in [0.2, 0.25) is 5.88 Å². The first-order valence-corrected chi connectivity index (χ1v) is 10.3. The van der Waals surface area contributed by atoms with Crippen molar-refractivity contribution in [1.29, 1.82) is 0 Å². The van der Waals surface area contributed by atoms with Gasteiger partial charge in [-0.2, -0.15) is 0 Å². The van der Waals surface area contributed by atoms with Crippen LogP contribution >= 0.6 is 0 Å². The molecular weight excluding hydrogens is 376 g/mol. The van der Waals surface area contributed by atoms with E-state index < -0.39 is 0 Å². The quantitative estimate of drug-likeness (QED) is 0.683. The fourth-order valence-electron chi connectivity index (χ4n) is 3.71. The number of methoxy groups -OCH3 is 1. The van der Waals surface area contributed by atoms with E-state index in [0.29, 0.717) is 11.6 Å². The molecule has 1 N–H and O–H groups in total. The summed E-state index contributed by atoms with van der Waals surface area (Å²) in [5, 5.41) is 3.15. The molecule has 1 saturated heterocycles. The molecule has 1 aliphatic rings. The van der Waals surface area contributed by atoms with Crippen molar-refractivity contribution < 1.29 is 9.53 Å². The van der Waals surface area contributed by atoms with Gasteiger partial charge in [0, 0.05) is 43.5 Å². The molecule has 3 aromatic rings. The van der Waals surface area contributed by atoms with Crippen molar-refractivity contribution in [3.63, 3.8) is 0 Å². The molecule has 0 spiro atoms. The van der Waals surface area contributed by atoms with E-state index >= 15 is 0 Å². The number of piperidine rings is 1. The molecule has 0 radical (unpaired) electrons. The topological polar surface area (TPSA) is 67.3 Å². The lowest BCUT2D eigenvalue weighted by atomic mass is 10.0. The zero-order valence-corrected chi connectivity index (χ0v) is 17.1. The van der Waals surface area contributed by atoms with Crippen LogP contribution in [-0.2, 0) is 6.54 Å². The summed E-state index contributed by atoms with van der Waals surface area (Å²) in [7, 11) is 1.58. The second-order valence-electron chi connectivity index (χ2n) is 7.51. The highest BCUT2D eigenvalue weighted by molar-refractivity contribution is 5.93. The Kier molecular flexibility index (Phi) is 6.35. The van der Waals surface area contributed by atoms with Crippen LogP contribution in [0.25, 0.3) is 11.3 Å². The van der Waals surface area contributed by atoms with Crippen LogP contribution in [0.15, 0.2) is 66.9 Å². The molecule has 6 heteroatoms. The molecule has 4 rings (SSSR count). The van der Waals surface area contributed by atoms with Gasteiger partial charge in [0.25, 0.3) is 5.91 Å². The standard InChI is InChI=1S/C24H26N4O2/c1-30-23-11-10-19(16-25-23)21-8-5-9-22(27-21)24(29)26-20-12-14-28(15-13-20)17-18-6-3-2-4-7-18/h2-11,16,20H,12-15,17H2,1H3,(H,26,29). The van der Waals surface area contributed by atoms with E-state index in [9.17, 15) is 4.79 Å². The minimum atomic E-state index is -0.125. The van der Waals surface area contributed by atoms with Crippen LogP contribution in [0, 0.1) is 0 Å². The van der Waals surface area contributed by atoms with E-state index in [1.165, 1.54) is 5.56 Å². The Bertz CT molecular complexity index is 968. The lowest BCUT2D eigenvalue weighted by Crippen LogP contribution is -2.44. The van der Waals surface area contributed by atoms with Crippen molar-refractivity contribution in [3.8, 4) is 17.1 Å². The molecule has 1 aromatic carbocycles. The lowest BCUT2D eigenvalue weighted by Gasteiger charge is -2.32. The Morgan fingerprint density at radius 1 is 1.07 bits per heavy atom. The third kappa shape index (κ3) is 5.02. The van der Waals surface area contributed by atoms with Gasteiger partial charge in [-0.25, -0.2) is 9.97 Å². The van der Waals surface area contributed by atoms with Crippen molar-refractivity contribution in [2.75, 3.05) is 20.2 Å². The summed E-state index contributed by atoms with van der Waals surface area (Å²) < 4.78 is 5.09. The van der Waals surface area contributed by atoms with E-state index in [4.69, 9.17) is 4.74 Å². The van der Waals surface area contributed by atoms with Crippen molar-refractivity contribution in [1.82, 2.24) is 20.2 Å². The molecule has 1 aliphatic heterocycles. The van der Waals surface area contributed by atoms with Crippen LogP contribution in [0.5, 0.6) is 5.88 Å². The van der Waals surface area contributed by atoms with Crippen LogP contribution < -0.4 is 10.1 Å². The van der Waals surface area contributed by atoms with Gasteiger partial charge in [-0.1, -0.05) is 36.4 Å². The third-order valence-corrected chi connectivity index (χ3v) is 5.39. The predicted molar refractivity (Wildman–Crippen MR) is 116 cm³/mol. The Morgan fingerprint density at radius 2 is 1.87 bits per heavy atom. The van der Waals surface area contributed by atoms with E-state index in [1.807, 2.05) is 24.3 Å². The van der Waals surface area contributed by atoms with Crippen LogP contribution in [0.4, 0.5) is 0 Å². The average molecular weight is 402 g/mol.